The van der Waals surface area contributed by atoms with E-state index in [4.69, 9.17) is 14.7 Å². The van der Waals surface area contributed by atoms with Gasteiger partial charge in [-0.2, -0.15) is 0 Å². The number of nitrogens with zero attached hydrogens (tertiary/aromatic N) is 2. The second kappa shape index (κ2) is 8.48. The summed E-state index contributed by atoms with van der Waals surface area (Å²) in [5.41, 5.74) is 1.90. The molecule has 0 N–H and O–H groups in total. The molecule has 0 bridgehead atoms. The molecule has 1 atom stereocenters. The fourth-order valence-corrected chi connectivity index (χ4v) is 6.39. The number of para-hydroxylation sites is 1. The van der Waals surface area contributed by atoms with Crippen molar-refractivity contribution in [2.75, 3.05) is 6.61 Å². The van der Waals surface area contributed by atoms with Crippen LogP contribution in [0.2, 0.25) is 0 Å². The number of ether oxygens (including phenoxy) is 1. The Hall–Kier alpha value is -3.03. The maximum Gasteiger partial charge on any atom is 0.235 e. The van der Waals surface area contributed by atoms with Gasteiger partial charge in [-0.1, -0.05) is 106 Å². The number of rotatable bonds is 4. The van der Waals surface area contributed by atoms with Crippen LogP contribution in [0.5, 0.6) is 0 Å². The Morgan fingerprint density at radius 1 is 0.781 bits per heavy atom. The first-order valence-electron chi connectivity index (χ1n) is 11.0. The second-order valence-corrected chi connectivity index (χ2v) is 11.4. The van der Waals surface area contributed by atoms with Crippen molar-refractivity contribution in [2.24, 2.45) is 10.4 Å². The Morgan fingerprint density at radius 3 is 2.03 bits per heavy atom. The predicted octanol–water partition coefficient (Wildman–Crippen LogP) is 5.18. The lowest BCUT2D eigenvalue weighted by Gasteiger charge is -2.21. The number of aromatic nitrogens is 1. The average molecular weight is 439 g/mol. The molecular formula is C28H27N2OP. The quantitative estimate of drug-likeness (QED) is 0.411. The van der Waals surface area contributed by atoms with E-state index in [0.29, 0.717) is 12.5 Å². The molecule has 0 aliphatic carbocycles. The number of hydrogen-bond acceptors (Lipinski definition) is 3. The van der Waals surface area contributed by atoms with Gasteiger partial charge in [-0.05, 0) is 30.0 Å². The molecule has 0 saturated carbocycles. The monoisotopic (exact) mass is 438 g/mol. The molecule has 4 heteroatoms. The summed E-state index contributed by atoms with van der Waals surface area (Å²) in [6.07, 6.45) is 0. The van der Waals surface area contributed by atoms with Gasteiger partial charge in [0, 0.05) is 10.7 Å². The van der Waals surface area contributed by atoms with E-state index in [9.17, 15) is 0 Å². The SMILES string of the molecule is CC(C)(C)C1COC(c2ccc3cccc(P(c4ccccc4)c4ccccc4)c3n2)=N1. The first-order valence-corrected chi connectivity index (χ1v) is 12.4. The van der Waals surface area contributed by atoms with Crippen molar-refractivity contribution in [3.8, 4) is 0 Å². The highest BCUT2D eigenvalue weighted by atomic mass is 31.1. The van der Waals surface area contributed by atoms with Gasteiger partial charge in [-0.25, -0.2) is 9.98 Å². The van der Waals surface area contributed by atoms with E-state index in [1.54, 1.807) is 0 Å². The second-order valence-electron chi connectivity index (χ2n) is 9.18. The maximum absolute atomic E-state index is 5.99. The Morgan fingerprint density at radius 2 is 1.44 bits per heavy atom. The third kappa shape index (κ3) is 4.06. The molecule has 1 aliphatic rings. The van der Waals surface area contributed by atoms with Gasteiger partial charge in [0.05, 0.1) is 11.6 Å². The third-order valence-electron chi connectivity index (χ3n) is 5.84. The fraction of sp³-hybridized carbons (Fsp3) is 0.214. The van der Waals surface area contributed by atoms with E-state index in [-0.39, 0.29) is 11.5 Å². The summed E-state index contributed by atoms with van der Waals surface area (Å²) >= 11 is 0. The van der Waals surface area contributed by atoms with Crippen LogP contribution in [-0.2, 0) is 4.74 Å². The molecule has 0 fully saturated rings. The highest BCUT2D eigenvalue weighted by Crippen LogP contribution is 2.35. The molecule has 3 aromatic carbocycles. The number of hydrogen-bond donors (Lipinski definition) is 0. The Balaban J connectivity index is 1.66. The first-order chi connectivity index (χ1) is 15.5. The largest absolute Gasteiger partial charge is 0.474 e. The van der Waals surface area contributed by atoms with E-state index in [1.165, 1.54) is 15.9 Å². The molecule has 2 heterocycles. The predicted molar refractivity (Wildman–Crippen MR) is 136 cm³/mol. The van der Waals surface area contributed by atoms with Crippen LogP contribution in [0.1, 0.15) is 26.5 Å². The molecular weight excluding hydrogens is 411 g/mol. The van der Waals surface area contributed by atoms with Gasteiger partial charge in [-0.3, -0.25) is 0 Å². The topological polar surface area (TPSA) is 34.5 Å². The minimum atomic E-state index is -0.741. The zero-order chi connectivity index (χ0) is 22.1. The molecule has 5 rings (SSSR count). The van der Waals surface area contributed by atoms with E-state index < -0.39 is 7.92 Å². The minimum absolute atomic E-state index is 0.0682. The van der Waals surface area contributed by atoms with Gasteiger partial charge in [0.1, 0.15) is 12.3 Å². The molecule has 160 valence electrons. The summed E-state index contributed by atoms with van der Waals surface area (Å²) in [4.78, 5) is 9.97. The zero-order valence-corrected chi connectivity index (χ0v) is 19.6. The molecule has 0 spiro atoms. The summed E-state index contributed by atoms with van der Waals surface area (Å²) in [5, 5.41) is 5.02. The number of fused-ring (bicyclic) bond motifs is 1. The van der Waals surface area contributed by atoms with Gasteiger partial charge in [-0.15, -0.1) is 0 Å². The smallest absolute Gasteiger partial charge is 0.235 e. The Labute approximate surface area is 191 Å². The van der Waals surface area contributed by atoms with Crippen LogP contribution in [0.15, 0.2) is 96.0 Å². The number of pyridine rings is 1. The lowest BCUT2D eigenvalue weighted by Crippen LogP contribution is -2.25. The Kier molecular flexibility index (Phi) is 5.53. The highest BCUT2D eigenvalue weighted by molar-refractivity contribution is 7.80. The van der Waals surface area contributed by atoms with Crippen LogP contribution in [0.3, 0.4) is 0 Å². The lowest BCUT2D eigenvalue weighted by atomic mass is 9.88. The van der Waals surface area contributed by atoms with E-state index >= 15 is 0 Å². The zero-order valence-electron chi connectivity index (χ0n) is 18.7. The van der Waals surface area contributed by atoms with Crippen molar-refractivity contribution in [1.82, 2.24) is 4.98 Å². The summed E-state index contributed by atoms with van der Waals surface area (Å²) in [7, 11) is -0.741. The number of aliphatic imine (C=N–C) groups is 1. The van der Waals surface area contributed by atoms with Crippen LogP contribution in [0.4, 0.5) is 0 Å². The Bertz CT molecular complexity index is 1220. The highest BCUT2D eigenvalue weighted by Gasteiger charge is 2.31. The standard InChI is InChI=1S/C28H27N2OP/c1-28(2,3)25-19-31-27(30-25)23-18-17-20-11-10-16-24(26(20)29-23)32(21-12-6-4-7-13-21)22-14-8-5-9-15-22/h4-18,25H,19H2,1-3H3. The van der Waals surface area contributed by atoms with Crippen molar-refractivity contribution < 1.29 is 4.74 Å². The van der Waals surface area contributed by atoms with Gasteiger partial charge in [0.2, 0.25) is 5.90 Å². The summed E-state index contributed by atoms with van der Waals surface area (Å²) in [6.45, 7) is 7.21. The fourth-order valence-electron chi connectivity index (χ4n) is 3.97. The molecule has 0 saturated heterocycles. The molecule has 1 unspecified atom stereocenters. The van der Waals surface area contributed by atoms with E-state index in [2.05, 4.69) is 106 Å². The molecule has 4 aromatic rings. The van der Waals surface area contributed by atoms with Gasteiger partial charge in [0.15, 0.2) is 0 Å². The normalized spacial score (nSPS) is 16.2. The van der Waals surface area contributed by atoms with E-state index in [0.717, 1.165) is 16.6 Å². The molecule has 1 aromatic heterocycles. The van der Waals surface area contributed by atoms with Crippen LogP contribution < -0.4 is 15.9 Å². The van der Waals surface area contributed by atoms with Crippen molar-refractivity contribution in [3.05, 3.63) is 96.7 Å². The number of benzene rings is 3. The first kappa shape index (κ1) is 20.8. The van der Waals surface area contributed by atoms with Gasteiger partial charge in [0.25, 0.3) is 0 Å². The maximum atomic E-state index is 5.99. The lowest BCUT2D eigenvalue weighted by molar-refractivity contribution is 0.235. The van der Waals surface area contributed by atoms with Gasteiger partial charge < -0.3 is 4.74 Å². The van der Waals surface area contributed by atoms with E-state index in [1.807, 2.05) is 6.07 Å². The van der Waals surface area contributed by atoms with Crippen molar-refractivity contribution >= 4 is 40.6 Å². The van der Waals surface area contributed by atoms with Crippen molar-refractivity contribution in [3.63, 3.8) is 0 Å². The van der Waals surface area contributed by atoms with Gasteiger partial charge >= 0.3 is 0 Å². The van der Waals surface area contributed by atoms with Crippen LogP contribution in [0.25, 0.3) is 10.9 Å². The summed E-state index contributed by atoms with van der Waals surface area (Å²) in [6, 6.07) is 32.3. The molecule has 0 amide bonds. The molecule has 1 aliphatic heterocycles. The van der Waals surface area contributed by atoms with Crippen molar-refractivity contribution in [1.29, 1.82) is 0 Å². The van der Waals surface area contributed by atoms with Crippen LogP contribution in [0, 0.1) is 5.41 Å². The molecule has 3 nitrogen and oxygen atoms in total. The summed E-state index contributed by atoms with van der Waals surface area (Å²) < 4.78 is 5.99. The van der Waals surface area contributed by atoms with Crippen LogP contribution >= 0.6 is 7.92 Å². The van der Waals surface area contributed by atoms with Crippen LogP contribution in [-0.4, -0.2) is 23.5 Å². The van der Waals surface area contributed by atoms with Crippen molar-refractivity contribution in [2.45, 2.75) is 26.8 Å². The summed E-state index contributed by atoms with van der Waals surface area (Å²) in [5.74, 6) is 0.658. The molecule has 32 heavy (non-hydrogen) atoms. The molecule has 0 radical (unpaired) electrons. The average Bonchev–Trinajstić information content (AvgIpc) is 3.32. The minimum Gasteiger partial charge on any atom is -0.474 e. The third-order valence-corrected chi connectivity index (χ3v) is 8.31.